The average Bonchev–Trinajstić information content (AvgIpc) is 3.41. The molecule has 1 aliphatic carbocycles. The van der Waals surface area contributed by atoms with Crippen LogP contribution in [0, 0.1) is 5.82 Å². The number of benzene rings is 1. The van der Waals surface area contributed by atoms with Crippen LogP contribution < -0.4 is 5.32 Å². The number of aromatic amines is 1. The summed E-state index contributed by atoms with van der Waals surface area (Å²) in [5, 5.41) is 18.6. The van der Waals surface area contributed by atoms with E-state index in [2.05, 4.69) is 37.5 Å². The highest BCUT2D eigenvalue weighted by atomic mass is 19.1. The molecule has 1 aromatic carbocycles. The van der Waals surface area contributed by atoms with Crippen molar-refractivity contribution in [3.63, 3.8) is 0 Å². The molecule has 0 bridgehead atoms. The van der Waals surface area contributed by atoms with E-state index in [4.69, 9.17) is 0 Å². The van der Waals surface area contributed by atoms with Crippen LogP contribution >= 0.6 is 0 Å². The summed E-state index contributed by atoms with van der Waals surface area (Å²) in [6.07, 6.45) is 6.50. The number of nitrogens with zero attached hydrogens (tertiary/aromatic N) is 4. The summed E-state index contributed by atoms with van der Waals surface area (Å²) in [4.78, 5) is 23.6. The number of carboxylic acids is 1. The molecule has 3 N–H and O–H groups in total. The smallest absolute Gasteiger partial charge is 0.341 e. The van der Waals surface area contributed by atoms with Gasteiger partial charge < -0.3 is 15.4 Å². The van der Waals surface area contributed by atoms with Gasteiger partial charge in [-0.25, -0.2) is 14.2 Å². The molecule has 0 fully saturated rings. The number of halogens is 1. The van der Waals surface area contributed by atoms with Crippen molar-refractivity contribution < 1.29 is 14.3 Å². The first-order valence-corrected chi connectivity index (χ1v) is 10.6. The second kappa shape index (κ2) is 7.40. The molecule has 6 rings (SSSR count). The maximum Gasteiger partial charge on any atom is 0.341 e. The average molecular weight is 442 g/mol. The molecule has 8 nitrogen and oxygen atoms in total. The van der Waals surface area contributed by atoms with Crippen molar-refractivity contribution in [1.82, 2.24) is 24.6 Å². The molecular weight excluding hydrogens is 423 g/mol. The van der Waals surface area contributed by atoms with Gasteiger partial charge in [-0.3, -0.25) is 4.98 Å². The molecule has 33 heavy (non-hydrogen) atoms. The van der Waals surface area contributed by atoms with Crippen LogP contribution in [0.25, 0.3) is 27.8 Å². The summed E-state index contributed by atoms with van der Waals surface area (Å²) in [5.74, 6) is -1.02. The van der Waals surface area contributed by atoms with E-state index in [-0.39, 0.29) is 17.3 Å². The fourth-order valence-corrected chi connectivity index (χ4v) is 4.62. The largest absolute Gasteiger partial charge is 0.477 e. The Morgan fingerprint density at radius 1 is 1.21 bits per heavy atom. The molecule has 0 unspecified atom stereocenters. The molecule has 1 atom stereocenters. The van der Waals surface area contributed by atoms with Crippen LogP contribution in [0.15, 0.2) is 55.0 Å². The first kappa shape index (κ1) is 19.4. The molecule has 0 aliphatic heterocycles. The van der Waals surface area contributed by atoms with Crippen molar-refractivity contribution in [1.29, 1.82) is 0 Å². The third-order valence-electron chi connectivity index (χ3n) is 6.15. The minimum atomic E-state index is -1.13. The van der Waals surface area contributed by atoms with E-state index in [1.165, 1.54) is 39.6 Å². The van der Waals surface area contributed by atoms with Crippen LogP contribution in [-0.4, -0.2) is 41.7 Å². The Morgan fingerprint density at radius 2 is 2.09 bits per heavy atom. The van der Waals surface area contributed by atoms with Crippen molar-refractivity contribution in [2.24, 2.45) is 0 Å². The van der Waals surface area contributed by atoms with Gasteiger partial charge in [-0.2, -0.15) is 9.61 Å². The predicted octanol–water partition coefficient (Wildman–Crippen LogP) is 4.08. The number of carbonyl (C=O) groups is 1. The number of hydrogen-bond donors (Lipinski definition) is 3. The molecule has 0 saturated heterocycles. The van der Waals surface area contributed by atoms with Crippen molar-refractivity contribution in [3.8, 4) is 11.3 Å². The number of aryl methyl sites for hydroxylation is 1. The Labute approximate surface area is 187 Å². The highest BCUT2D eigenvalue weighted by Gasteiger charge is 2.24. The van der Waals surface area contributed by atoms with E-state index >= 15 is 0 Å². The maximum atomic E-state index is 13.8. The normalized spacial score (nSPS) is 15.6. The van der Waals surface area contributed by atoms with Crippen LogP contribution in [-0.2, 0) is 12.8 Å². The molecule has 0 amide bonds. The molecule has 1 aliphatic rings. The zero-order valence-corrected chi connectivity index (χ0v) is 17.4. The highest BCUT2D eigenvalue weighted by Crippen LogP contribution is 2.31. The van der Waals surface area contributed by atoms with Gasteiger partial charge in [-0.05, 0) is 37.0 Å². The third kappa shape index (κ3) is 3.29. The number of carboxylic acid groups (broad SMARTS) is 1. The number of para-hydroxylation sites is 1. The SMILES string of the molecule is O=C(O)c1cnn2c(N[C@@H]3CCc4[nH]c5ccccc5c4C3)cc(-c3cncc(F)c3)nc12. The van der Waals surface area contributed by atoms with Gasteiger partial charge >= 0.3 is 5.97 Å². The zero-order chi connectivity index (χ0) is 22.5. The van der Waals surface area contributed by atoms with Crippen LogP contribution in [0.3, 0.4) is 0 Å². The highest BCUT2D eigenvalue weighted by molar-refractivity contribution is 5.94. The Kier molecular flexibility index (Phi) is 4.36. The molecule has 164 valence electrons. The number of aromatic carboxylic acids is 1. The second-order valence-electron chi connectivity index (χ2n) is 8.23. The van der Waals surface area contributed by atoms with Crippen LogP contribution in [0.4, 0.5) is 10.2 Å². The van der Waals surface area contributed by atoms with Gasteiger partial charge in [0, 0.05) is 40.5 Å². The lowest BCUT2D eigenvalue weighted by Crippen LogP contribution is -2.28. The molecule has 0 saturated carbocycles. The molecule has 4 aromatic heterocycles. The van der Waals surface area contributed by atoms with Gasteiger partial charge in [0.1, 0.15) is 17.2 Å². The number of pyridine rings is 1. The summed E-state index contributed by atoms with van der Waals surface area (Å²) in [6, 6.07) is 11.5. The van der Waals surface area contributed by atoms with Gasteiger partial charge in [-0.15, -0.1) is 0 Å². The molecule has 5 aromatic rings. The fourth-order valence-electron chi connectivity index (χ4n) is 4.62. The molecular formula is C24H19FN6O2. The number of nitrogens with one attached hydrogen (secondary N) is 2. The molecule has 9 heteroatoms. The van der Waals surface area contributed by atoms with Crippen molar-refractivity contribution in [3.05, 3.63) is 77.6 Å². The van der Waals surface area contributed by atoms with E-state index in [1.54, 1.807) is 6.07 Å². The number of aromatic nitrogens is 5. The van der Waals surface area contributed by atoms with E-state index in [9.17, 15) is 14.3 Å². The van der Waals surface area contributed by atoms with Gasteiger partial charge in [0.25, 0.3) is 0 Å². The maximum absolute atomic E-state index is 13.8. The first-order valence-electron chi connectivity index (χ1n) is 10.6. The van der Waals surface area contributed by atoms with Crippen molar-refractivity contribution >= 4 is 28.3 Å². The number of rotatable bonds is 4. The van der Waals surface area contributed by atoms with E-state index in [0.717, 1.165) is 31.0 Å². The van der Waals surface area contributed by atoms with Crippen molar-refractivity contribution in [2.75, 3.05) is 5.32 Å². The fraction of sp³-hybridized carbons (Fsp3) is 0.167. The Morgan fingerprint density at radius 3 is 2.94 bits per heavy atom. The second-order valence-corrected chi connectivity index (χ2v) is 8.23. The minimum absolute atomic E-state index is 0.0215. The zero-order valence-electron chi connectivity index (χ0n) is 17.4. The van der Waals surface area contributed by atoms with Gasteiger partial charge in [0.05, 0.1) is 18.1 Å². The Bertz CT molecular complexity index is 1540. The minimum Gasteiger partial charge on any atom is -0.477 e. The van der Waals surface area contributed by atoms with Gasteiger partial charge in [0.15, 0.2) is 5.65 Å². The van der Waals surface area contributed by atoms with E-state index in [1.807, 2.05) is 12.1 Å². The number of hydrogen-bond acceptors (Lipinski definition) is 5. The summed E-state index contributed by atoms with van der Waals surface area (Å²) in [5.41, 5.74) is 4.73. The van der Waals surface area contributed by atoms with E-state index in [0.29, 0.717) is 17.1 Å². The van der Waals surface area contributed by atoms with Gasteiger partial charge in [-0.1, -0.05) is 18.2 Å². The number of fused-ring (bicyclic) bond motifs is 4. The summed E-state index contributed by atoms with van der Waals surface area (Å²) in [6.45, 7) is 0. The standard InChI is InChI=1S/C24H19FN6O2/c25-14-7-13(10-26-11-14)21-9-22(31-23(30-21)18(12-27-31)24(32)33)28-15-5-6-20-17(8-15)16-3-1-2-4-19(16)29-20/h1-4,7,9-12,15,28-29H,5-6,8H2,(H,32,33)/t15-/m1/s1. The van der Waals surface area contributed by atoms with Crippen LogP contribution in [0.5, 0.6) is 0 Å². The lowest BCUT2D eigenvalue weighted by Gasteiger charge is -2.25. The van der Waals surface area contributed by atoms with E-state index < -0.39 is 11.8 Å². The topological polar surface area (TPSA) is 108 Å². The molecule has 0 spiro atoms. The van der Waals surface area contributed by atoms with Crippen LogP contribution in [0.1, 0.15) is 28.0 Å². The number of anilines is 1. The Hall–Kier alpha value is -4.27. The quantitative estimate of drug-likeness (QED) is 0.387. The lowest BCUT2D eigenvalue weighted by atomic mass is 9.91. The molecule has 4 heterocycles. The Balaban J connectivity index is 1.42. The first-order chi connectivity index (χ1) is 16.1. The van der Waals surface area contributed by atoms with Gasteiger partial charge in [0.2, 0.25) is 0 Å². The van der Waals surface area contributed by atoms with Crippen molar-refractivity contribution in [2.45, 2.75) is 25.3 Å². The van der Waals surface area contributed by atoms with Crippen LogP contribution in [0.2, 0.25) is 0 Å². The monoisotopic (exact) mass is 442 g/mol. The molecule has 0 radical (unpaired) electrons. The lowest BCUT2D eigenvalue weighted by molar-refractivity contribution is 0.0698. The third-order valence-corrected chi connectivity index (χ3v) is 6.15. The summed E-state index contributed by atoms with van der Waals surface area (Å²) < 4.78 is 15.3. The number of H-pyrrole nitrogens is 1. The summed E-state index contributed by atoms with van der Waals surface area (Å²) >= 11 is 0. The predicted molar refractivity (Wildman–Crippen MR) is 121 cm³/mol. The summed E-state index contributed by atoms with van der Waals surface area (Å²) in [7, 11) is 0.